The molecule has 0 spiro atoms. The third-order valence-corrected chi connectivity index (χ3v) is 1.23. The molecule has 0 aliphatic carbocycles. The number of carbonyl (C=O) groups excluding carboxylic acids is 1. The van der Waals surface area contributed by atoms with Crippen molar-refractivity contribution in [1.29, 1.82) is 0 Å². The summed E-state index contributed by atoms with van der Waals surface area (Å²) in [5.41, 5.74) is -0.0585. The molecule has 1 rings (SSSR count). The van der Waals surface area contributed by atoms with E-state index >= 15 is 0 Å². The second kappa shape index (κ2) is 3.09. The summed E-state index contributed by atoms with van der Waals surface area (Å²) in [5, 5.41) is 10.3. The van der Waals surface area contributed by atoms with Gasteiger partial charge in [-0.05, 0) is 6.07 Å². The standard InChI is InChI=1S/C7H8N2O2/c1-2-6-8-4-3-5(9-6)7(10)11/h3-4H,2H2,1H3,(H,10,11)/p-1. The van der Waals surface area contributed by atoms with E-state index in [1.165, 1.54) is 12.3 Å². The maximum absolute atomic E-state index is 10.3. The van der Waals surface area contributed by atoms with Crippen molar-refractivity contribution in [2.75, 3.05) is 0 Å². The zero-order chi connectivity index (χ0) is 8.27. The molecule has 0 saturated heterocycles. The van der Waals surface area contributed by atoms with Crippen molar-refractivity contribution < 1.29 is 9.90 Å². The van der Waals surface area contributed by atoms with E-state index in [4.69, 9.17) is 0 Å². The molecule has 0 bridgehead atoms. The van der Waals surface area contributed by atoms with Gasteiger partial charge in [0.15, 0.2) is 0 Å². The second-order valence-electron chi connectivity index (χ2n) is 2.00. The van der Waals surface area contributed by atoms with Gasteiger partial charge < -0.3 is 9.90 Å². The summed E-state index contributed by atoms with van der Waals surface area (Å²) < 4.78 is 0. The fourth-order valence-corrected chi connectivity index (χ4v) is 0.683. The van der Waals surface area contributed by atoms with Crippen molar-refractivity contribution in [3.8, 4) is 0 Å². The van der Waals surface area contributed by atoms with E-state index in [9.17, 15) is 9.90 Å². The van der Waals surface area contributed by atoms with Crippen LogP contribution in [-0.2, 0) is 6.42 Å². The zero-order valence-corrected chi connectivity index (χ0v) is 6.07. The molecule has 0 fully saturated rings. The minimum absolute atomic E-state index is 0.0585. The van der Waals surface area contributed by atoms with Gasteiger partial charge in [-0.25, -0.2) is 9.97 Å². The summed E-state index contributed by atoms with van der Waals surface area (Å²) in [6, 6.07) is 1.31. The molecule has 11 heavy (non-hydrogen) atoms. The number of carboxylic acid groups (broad SMARTS) is 1. The molecule has 0 aliphatic rings. The van der Waals surface area contributed by atoms with E-state index in [-0.39, 0.29) is 5.69 Å². The number of rotatable bonds is 2. The largest absolute Gasteiger partial charge is 0.543 e. The molecule has 1 heterocycles. The normalized spacial score (nSPS) is 9.55. The van der Waals surface area contributed by atoms with Crippen molar-refractivity contribution in [3.05, 3.63) is 23.8 Å². The van der Waals surface area contributed by atoms with Crippen LogP contribution in [0, 0.1) is 0 Å². The predicted octanol–water partition coefficient (Wildman–Crippen LogP) is -0.598. The Morgan fingerprint density at radius 2 is 2.45 bits per heavy atom. The molecular formula is C7H7N2O2-. The molecular weight excluding hydrogens is 144 g/mol. The number of aromatic nitrogens is 2. The molecule has 58 valence electrons. The van der Waals surface area contributed by atoms with Crippen molar-refractivity contribution >= 4 is 5.97 Å². The van der Waals surface area contributed by atoms with Crippen LogP contribution >= 0.6 is 0 Å². The van der Waals surface area contributed by atoms with Gasteiger partial charge >= 0.3 is 0 Å². The van der Waals surface area contributed by atoms with Crippen molar-refractivity contribution in [1.82, 2.24) is 9.97 Å². The number of carboxylic acids is 1. The van der Waals surface area contributed by atoms with E-state index in [1.807, 2.05) is 6.92 Å². The first-order valence-corrected chi connectivity index (χ1v) is 3.27. The Kier molecular flexibility index (Phi) is 2.15. The molecule has 0 amide bonds. The lowest BCUT2D eigenvalue weighted by Crippen LogP contribution is -2.24. The van der Waals surface area contributed by atoms with Crippen molar-refractivity contribution in [2.45, 2.75) is 13.3 Å². The first kappa shape index (κ1) is 7.65. The highest BCUT2D eigenvalue weighted by atomic mass is 16.4. The number of aromatic carboxylic acids is 1. The Hall–Kier alpha value is -1.45. The van der Waals surface area contributed by atoms with E-state index in [0.717, 1.165) is 0 Å². The average molecular weight is 151 g/mol. The minimum atomic E-state index is -1.26. The number of aryl methyl sites for hydroxylation is 1. The summed E-state index contributed by atoms with van der Waals surface area (Å²) in [4.78, 5) is 17.8. The average Bonchev–Trinajstić information content (AvgIpc) is 2.05. The van der Waals surface area contributed by atoms with Crippen LogP contribution in [0.3, 0.4) is 0 Å². The smallest absolute Gasteiger partial charge is 0.128 e. The van der Waals surface area contributed by atoms with Crippen LogP contribution < -0.4 is 5.11 Å². The van der Waals surface area contributed by atoms with Crippen LogP contribution in [-0.4, -0.2) is 15.9 Å². The molecule has 0 unspecified atom stereocenters. The van der Waals surface area contributed by atoms with Crippen molar-refractivity contribution in [2.24, 2.45) is 0 Å². The van der Waals surface area contributed by atoms with Crippen LogP contribution in [0.4, 0.5) is 0 Å². The van der Waals surface area contributed by atoms with E-state index in [1.54, 1.807) is 0 Å². The Morgan fingerprint density at radius 3 is 3.00 bits per heavy atom. The number of hydrogen-bond donors (Lipinski definition) is 0. The topological polar surface area (TPSA) is 65.9 Å². The van der Waals surface area contributed by atoms with E-state index < -0.39 is 5.97 Å². The molecule has 0 aliphatic heterocycles. The van der Waals surface area contributed by atoms with Gasteiger partial charge in [-0.1, -0.05) is 6.92 Å². The third-order valence-electron chi connectivity index (χ3n) is 1.23. The van der Waals surface area contributed by atoms with Gasteiger partial charge in [0.25, 0.3) is 0 Å². The van der Waals surface area contributed by atoms with Gasteiger partial charge in [0.05, 0.1) is 11.7 Å². The zero-order valence-electron chi connectivity index (χ0n) is 6.07. The highest BCUT2D eigenvalue weighted by Gasteiger charge is 1.96. The molecule has 4 nitrogen and oxygen atoms in total. The molecule has 0 N–H and O–H groups in total. The highest BCUT2D eigenvalue weighted by Crippen LogP contribution is 1.94. The molecule has 1 aromatic heterocycles. The minimum Gasteiger partial charge on any atom is -0.543 e. The molecule has 4 heteroatoms. The van der Waals surface area contributed by atoms with Crippen LogP contribution in [0.5, 0.6) is 0 Å². The molecule has 0 aromatic carbocycles. The van der Waals surface area contributed by atoms with E-state index in [0.29, 0.717) is 12.2 Å². The Labute approximate surface area is 63.9 Å². The van der Waals surface area contributed by atoms with Crippen molar-refractivity contribution in [3.63, 3.8) is 0 Å². The fraction of sp³-hybridized carbons (Fsp3) is 0.286. The van der Waals surface area contributed by atoms with Crippen LogP contribution in [0.1, 0.15) is 23.2 Å². The molecule has 0 atom stereocenters. The highest BCUT2D eigenvalue weighted by molar-refractivity contribution is 5.83. The van der Waals surface area contributed by atoms with Gasteiger partial charge in [0, 0.05) is 12.6 Å². The lowest BCUT2D eigenvalue weighted by Gasteiger charge is -2.01. The van der Waals surface area contributed by atoms with Gasteiger partial charge in [-0.3, -0.25) is 0 Å². The SMILES string of the molecule is CCc1nccc(C(=O)[O-])n1. The van der Waals surface area contributed by atoms with Gasteiger partial charge in [-0.2, -0.15) is 0 Å². The van der Waals surface area contributed by atoms with Gasteiger partial charge in [0.1, 0.15) is 5.82 Å². The Bertz CT molecular complexity index is 273. The fourth-order valence-electron chi connectivity index (χ4n) is 0.683. The molecule has 1 aromatic rings. The lowest BCUT2D eigenvalue weighted by atomic mass is 10.4. The monoisotopic (exact) mass is 151 g/mol. The predicted molar refractivity (Wildman–Crippen MR) is 35.7 cm³/mol. The Balaban J connectivity index is 3.01. The van der Waals surface area contributed by atoms with E-state index in [2.05, 4.69) is 9.97 Å². The number of hydrogen-bond acceptors (Lipinski definition) is 4. The third kappa shape index (κ3) is 1.73. The summed E-state index contributed by atoms with van der Waals surface area (Å²) in [6.45, 7) is 1.86. The maximum atomic E-state index is 10.3. The molecule has 0 radical (unpaired) electrons. The van der Waals surface area contributed by atoms with Crippen LogP contribution in [0.2, 0.25) is 0 Å². The second-order valence-corrected chi connectivity index (χ2v) is 2.00. The van der Waals surface area contributed by atoms with Crippen LogP contribution in [0.25, 0.3) is 0 Å². The summed E-state index contributed by atoms with van der Waals surface area (Å²) >= 11 is 0. The van der Waals surface area contributed by atoms with Gasteiger partial charge in [-0.15, -0.1) is 0 Å². The number of nitrogens with zero attached hydrogens (tertiary/aromatic N) is 2. The molecule has 0 saturated carbocycles. The van der Waals surface area contributed by atoms with Crippen LogP contribution in [0.15, 0.2) is 12.3 Å². The first-order valence-electron chi connectivity index (χ1n) is 3.27. The summed E-state index contributed by atoms with van der Waals surface area (Å²) in [7, 11) is 0. The summed E-state index contributed by atoms with van der Waals surface area (Å²) in [5.74, 6) is -0.742. The Morgan fingerprint density at radius 1 is 1.73 bits per heavy atom. The number of carbonyl (C=O) groups is 1. The maximum Gasteiger partial charge on any atom is 0.128 e. The lowest BCUT2D eigenvalue weighted by molar-refractivity contribution is -0.255. The quantitative estimate of drug-likeness (QED) is 0.566. The summed E-state index contributed by atoms with van der Waals surface area (Å²) in [6.07, 6.45) is 2.04. The first-order chi connectivity index (χ1) is 5.24. The van der Waals surface area contributed by atoms with Gasteiger partial charge in [0.2, 0.25) is 0 Å².